The van der Waals surface area contributed by atoms with Crippen LogP contribution in [0.1, 0.15) is 34.5 Å². The molecule has 0 unspecified atom stereocenters. The van der Waals surface area contributed by atoms with Crippen LogP contribution in [0.5, 0.6) is 5.75 Å². The summed E-state index contributed by atoms with van der Waals surface area (Å²) in [7, 11) is 0. The number of halogens is 1. The summed E-state index contributed by atoms with van der Waals surface area (Å²) in [6, 6.07) is 27.8. The number of ether oxygens (including phenoxy) is 2. The summed E-state index contributed by atoms with van der Waals surface area (Å²) >= 11 is 8.86. The minimum Gasteiger partial charge on any atom is -0.489 e. The van der Waals surface area contributed by atoms with Gasteiger partial charge in [-0.1, -0.05) is 83.6 Å². The van der Waals surface area contributed by atoms with Gasteiger partial charge in [-0.05, 0) is 59.8 Å². The van der Waals surface area contributed by atoms with Gasteiger partial charge in [-0.25, -0.2) is 9.79 Å². The number of thiophene rings is 1. The van der Waals surface area contributed by atoms with E-state index in [1.165, 1.54) is 22.7 Å². The molecule has 1 atom stereocenters. The van der Waals surface area contributed by atoms with E-state index in [9.17, 15) is 9.59 Å². The van der Waals surface area contributed by atoms with Gasteiger partial charge in [-0.3, -0.25) is 9.36 Å². The van der Waals surface area contributed by atoms with Crippen LogP contribution in [0.2, 0.25) is 5.02 Å². The molecule has 5 aromatic rings. The second-order valence-corrected chi connectivity index (χ2v) is 11.9. The summed E-state index contributed by atoms with van der Waals surface area (Å²) in [6.45, 7) is 2.38. The van der Waals surface area contributed by atoms with Crippen molar-refractivity contribution in [3.8, 4) is 5.75 Å². The molecular weight excluding hydrogens is 588 g/mol. The monoisotopic (exact) mass is 612 g/mol. The van der Waals surface area contributed by atoms with Gasteiger partial charge in [-0.15, -0.1) is 11.3 Å². The highest BCUT2D eigenvalue weighted by molar-refractivity contribution is 7.10. The quantitative estimate of drug-likeness (QED) is 0.195. The second-order valence-electron chi connectivity index (χ2n) is 9.43. The minimum atomic E-state index is -0.653. The molecule has 2 aromatic heterocycles. The Labute approximate surface area is 255 Å². The molecule has 0 bridgehead atoms. The third-order valence-electron chi connectivity index (χ3n) is 6.66. The van der Waals surface area contributed by atoms with E-state index < -0.39 is 12.0 Å². The molecule has 210 valence electrons. The van der Waals surface area contributed by atoms with E-state index in [1.54, 1.807) is 11.5 Å². The lowest BCUT2D eigenvalue weighted by Crippen LogP contribution is -2.39. The standard InChI is InChI=1S/C33H25ClN2O4S2/c1-2-39-32(38)28-29(23-9-4-3-5-10-23)35-33-36(30(28)26-12-7-17-41-26)31(37)27(42-33)19-21-13-15-25(16-14-21)40-20-22-8-6-11-24(34)18-22/h3-19,30H,2,20H2,1H3/b27-19-/t30-/m1/s1. The average Bonchev–Trinajstić information content (AvgIpc) is 3.65. The molecular formula is C33H25ClN2O4S2. The van der Waals surface area contributed by atoms with Gasteiger partial charge >= 0.3 is 5.97 Å². The number of fused-ring (bicyclic) bond motifs is 1. The number of carbonyl (C=O) groups excluding carboxylic acids is 1. The van der Waals surface area contributed by atoms with Crippen molar-refractivity contribution < 1.29 is 14.3 Å². The first-order valence-electron chi connectivity index (χ1n) is 13.3. The lowest BCUT2D eigenvalue weighted by Gasteiger charge is -2.24. The maximum Gasteiger partial charge on any atom is 0.338 e. The van der Waals surface area contributed by atoms with Gasteiger partial charge in [0.05, 0.1) is 22.4 Å². The highest BCUT2D eigenvalue weighted by Gasteiger charge is 2.35. The Morgan fingerprint density at radius 3 is 2.55 bits per heavy atom. The molecule has 9 heteroatoms. The zero-order valence-corrected chi connectivity index (χ0v) is 24.9. The van der Waals surface area contributed by atoms with Crippen LogP contribution < -0.4 is 19.6 Å². The number of benzene rings is 3. The molecule has 0 saturated carbocycles. The molecule has 0 N–H and O–H groups in total. The molecule has 6 rings (SSSR count). The lowest BCUT2D eigenvalue weighted by atomic mass is 9.97. The summed E-state index contributed by atoms with van der Waals surface area (Å²) in [5.74, 6) is 0.221. The molecule has 0 amide bonds. The fourth-order valence-corrected chi connectivity index (χ4v) is 6.80. The topological polar surface area (TPSA) is 69.9 Å². The lowest BCUT2D eigenvalue weighted by molar-refractivity contribution is -0.138. The van der Waals surface area contributed by atoms with Crippen LogP contribution in [0.15, 0.2) is 112 Å². The van der Waals surface area contributed by atoms with E-state index >= 15 is 0 Å². The summed E-state index contributed by atoms with van der Waals surface area (Å²) in [5.41, 5.74) is 3.26. The van der Waals surface area contributed by atoms with Crippen LogP contribution in [0, 0.1) is 0 Å². The third kappa shape index (κ3) is 5.74. The Bertz CT molecular complexity index is 1940. The normalized spacial score (nSPS) is 14.8. The number of thiazole rings is 1. The Kier molecular flexibility index (Phi) is 8.19. The van der Waals surface area contributed by atoms with Gasteiger partial charge < -0.3 is 9.47 Å². The number of hydrogen-bond acceptors (Lipinski definition) is 7. The first-order chi connectivity index (χ1) is 20.5. The van der Waals surface area contributed by atoms with Crippen LogP contribution in [-0.4, -0.2) is 17.1 Å². The van der Waals surface area contributed by atoms with Crippen molar-refractivity contribution in [3.63, 3.8) is 0 Å². The number of esters is 1. The van der Waals surface area contributed by atoms with Gasteiger partial charge in [0.2, 0.25) is 0 Å². The fourth-order valence-electron chi connectivity index (χ4n) is 4.76. The van der Waals surface area contributed by atoms with Crippen LogP contribution in [0.4, 0.5) is 0 Å². The smallest absolute Gasteiger partial charge is 0.338 e. The van der Waals surface area contributed by atoms with Gasteiger partial charge in [-0.2, -0.15) is 0 Å². The Hall–Kier alpha value is -4.24. The highest BCUT2D eigenvalue weighted by Crippen LogP contribution is 2.36. The fraction of sp³-hybridized carbons (Fsp3) is 0.121. The predicted octanol–water partition coefficient (Wildman–Crippen LogP) is 6.23. The number of aromatic nitrogens is 1. The molecule has 6 nitrogen and oxygen atoms in total. The first kappa shape index (κ1) is 27.9. The Morgan fingerprint density at radius 1 is 1.02 bits per heavy atom. The molecule has 1 aliphatic rings. The largest absolute Gasteiger partial charge is 0.489 e. The van der Waals surface area contributed by atoms with Crippen molar-refractivity contribution in [3.05, 3.63) is 148 Å². The van der Waals surface area contributed by atoms with E-state index in [-0.39, 0.29) is 12.2 Å². The maximum absolute atomic E-state index is 13.9. The average molecular weight is 613 g/mol. The molecule has 3 aromatic carbocycles. The van der Waals surface area contributed by atoms with E-state index in [0.717, 1.165) is 21.6 Å². The summed E-state index contributed by atoms with van der Waals surface area (Å²) in [4.78, 5) is 33.6. The molecule has 0 aliphatic carbocycles. The Balaban J connectivity index is 1.40. The number of rotatable bonds is 8. The van der Waals surface area contributed by atoms with E-state index in [1.807, 2.05) is 102 Å². The summed E-state index contributed by atoms with van der Waals surface area (Å²) < 4.78 is 13.5. The SMILES string of the molecule is CCOC(=O)C1=C(c2ccccc2)N=c2s/c(=C\c3ccc(OCc4cccc(Cl)c4)cc3)c(=O)n2[C@@H]1c1cccs1. The molecule has 42 heavy (non-hydrogen) atoms. The second kappa shape index (κ2) is 12.3. The van der Waals surface area contributed by atoms with Crippen molar-refractivity contribution in [2.24, 2.45) is 4.99 Å². The number of carbonyl (C=O) groups is 1. The van der Waals surface area contributed by atoms with Crippen molar-refractivity contribution in [2.75, 3.05) is 6.61 Å². The highest BCUT2D eigenvalue weighted by atomic mass is 35.5. The maximum atomic E-state index is 13.9. The van der Waals surface area contributed by atoms with Crippen molar-refractivity contribution in [2.45, 2.75) is 19.6 Å². The van der Waals surface area contributed by atoms with Crippen LogP contribution >= 0.6 is 34.3 Å². The number of nitrogens with zero attached hydrogens (tertiary/aromatic N) is 2. The van der Waals surface area contributed by atoms with Gasteiger partial charge in [0.25, 0.3) is 5.56 Å². The van der Waals surface area contributed by atoms with Gasteiger partial charge in [0.1, 0.15) is 18.4 Å². The van der Waals surface area contributed by atoms with Crippen molar-refractivity contribution in [1.29, 1.82) is 0 Å². The summed E-state index contributed by atoms with van der Waals surface area (Å²) in [6.07, 6.45) is 1.84. The van der Waals surface area contributed by atoms with E-state index in [2.05, 4.69) is 0 Å². The predicted molar refractivity (Wildman–Crippen MR) is 168 cm³/mol. The number of hydrogen-bond donors (Lipinski definition) is 0. The third-order valence-corrected chi connectivity index (χ3v) is 8.80. The minimum absolute atomic E-state index is 0.213. The summed E-state index contributed by atoms with van der Waals surface area (Å²) in [5, 5.41) is 2.60. The molecule has 0 saturated heterocycles. The van der Waals surface area contributed by atoms with Crippen LogP contribution in [-0.2, 0) is 16.1 Å². The van der Waals surface area contributed by atoms with Crippen molar-refractivity contribution >= 4 is 52.0 Å². The van der Waals surface area contributed by atoms with Crippen LogP contribution in [0.25, 0.3) is 11.8 Å². The molecule has 0 spiro atoms. The first-order valence-corrected chi connectivity index (χ1v) is 15.4. The zero-order valence-electron chi connectivity index (χ0n) is 22.5. The molecule has 1 aliphatic heterocycles. The van der Waals surface area contributed by atoms with E-state index in [4.69, 9.17) is 26.1 Å². The van der Waals surface area contributed by atoms with Gasteiger partial charge in [0, 0.05) is 15.5 Å². The zero-order chi connectivity index (χ0) is 29.1. The molecule has 3 heterocycles. The van der Waals surface area contributed by atoms with Crippen LogP contribution in [0.3, 0.4) is 0 Å². The Morgan fingerprint density at radius 2 is 1.83 bits per heavy atom. The van der Waals surface area contributed by atoms with Gasteiger partial charge in [0.15, 0.2) is 4.80 Å². The van der Waals surface area contributed by atoms with Crippen molar-refractivity contribution in [1.82, 2.24) is 4.57 Å². The molecule has 0 fully saturated rings. The molecule has 0 radical (unpaired) electrons. The van der Waals surface area contributed by atoms with E-state index in [0.29, 0.717) is 38.0 Å².